The Balaban J connectivity index is 1.59. The highest BCUT2D eigenvalue weighted by Gasteiger charge is 2.26. The number of carbonyl (C=O) groups excluding carboxylic acids is 1. The lowest BCUT2D eigenvalue weighted by molar-refractivity contribution is 0.0599. The summed E-state index contributed by atoms with van der Waals surface area (Å²) >= 11 is 0. The molecule has 26 heavy (non-hydrogen) atoms. The molecule has 3 aromatic heterocycles. The number of esters is 1. The van der Waals surface area contributed by atoms with Crippen molar-refractivity contribution in [2.45, 2.75) is 25.7 Å². The summed E-state index contributed by atoms with van der Waals surface area (Å²) in [6.07, 6.45) is 4.15. The lowest BCUT2D eigenvalue weighted by Crippen LogP contribution is -2.35. The Bertz CT molecular complexity index is 952. The second-order valence-corrected chi connectivity index (χ2v) is 6.57. The summed E-state index contributed by atoms with van der Waals surface area (Å²) < 4.78 is 6.86. The molecule has 7 nitrogen and oxygen atoms in total. The van der Waals surface area contributed by atoms with Gasteiger partial charge in [0, 0.05) is 25.2 Å². The number of pyridine rings is 2. The molecule has 0 N–H and O–H groups in total. The number of fused-ring (bicyclic) bond motifs is 1. The van der Waals surface area contributed by atoms with E-state index < -0.39 is 0 Å². The van der Waals surface area contributed by atoms with Crippen LogP contribution in [0.25, 0.3) is 5.65 Å². The van der Waals surface area contributed by atoms with E-state index in [2.05, 4.69) is 24.5 Å². The van der Waals surface area contributed by atoms with Crippen molar-refractivity contribution < 1.29 is 9.53 Å². The number of anilines is 1. The first-order valence-corrected chi connectivity index (χ1v) is 8.78. The van der Waals surface area contributed by atoms with Gasteiger partial charge < -0.3 is 9.64 Å². The van der Waals surface area contributed by atoms with Crippen LogP contribution in [0.4, 0.5) is 5.82 Å². The van der Waals surface area contributed by atoms with Crippen LogP contribution in [0.3, 0.4) is 0 Å². The van der Waals surface area contributed by atoms with E-state index in [0.717, 1.165) is 43.2 Å². The van der Waals surface area contributed by atoms with Gasteiger partial charge in [0.1, 0.15) is 11.6 Å². The van der Waals surface area contributed by atoms with Crippen LogP contribution in [0.15, 0.2) is 36.5 Å². The van der Waals surface area contributed by atoms with E-state index >= 15 is 0 Å². The summed E-state index contributed by atoms with van der Waals surface area (Å²) in [4.78, 5) is 18.6. The third-order valence-electron chi connectivity index (χ3n) is 4.93. The zero-order valence-electron chi connectivity index (χ0n) is 14.9. The fourth-order valence-electron chi connectivity index (χ4n) is 3.58. The smallest absolute Gasteiger partial charge is 0.339 e. The highest BCUT2D eigenvalue weighted by Crippen LogP contribution is 2.29. The number of hydrogen-bond donors (Lipinski definition) is 0. The number of aryl methyl sites for hydroxylation is 1. The molecule has 1 aliphatic heterocycles. The normalized spacial score (nSPS) is 17.5. The molecule has 134 valence electrons. The number of rotatable bonds is 3. The molecule has 1 unspecified atom stereocenters. The Kier molecular flexibility index (Phi) is 4.28. The molecular weight excluding hydrogens is 330 g/mol. The quantitative estimate of drug-likeness (QED) is 0.676. The monoisotopic (exact) mass is 351 g/mol. The molecule has 0 aliphatic carbocycles. The van der Waals surface area contributed by atoms with Crippen molar-refractivity contribution in [3.8, 4) is 0 Å². The molecule has 7 heteroatoms. The Morgan fingerprint density at radius 3 is 2.92 bits per heavy atom. The van der Waals surface area contributed by atoms with Gasteiger partial charge in [0.25, 0.3) is 0 Å². The molecule has 1 atom stereocenters. The van der Waals surface area contributed by atoms with Crippen LogP contribution in [0.5, 0.6) is 0 Å². The van der Waals surface area contributed by atoms with Crippen molar-refractivity contribution in [1.29, 1.82) is 0 Å². The van der Waals surface area contributed by atoms with Gasteiger partial charge in [-0.25, -0.2) is 9.78 Å². The second-order valence-electron chi connectivity index (χ2n) is 6.57. The third kappa shape index (κ3) is 2.89. The minimum absolute atomic E-state index is 0.295. The molecule has 4 heterocycles. The third-order valence-corrected chi connectivity index (χ3v) is 4.93. The Hall–Kier alpha value is -2.96. The minimum Gasteiger partial charge on any atom is -0.465 e. The Labute approximate surface area is 151 Å². The zero-order chi connectivity index (χ0) is 18.1. The number of carbonyl (C=O) groups is 1. The molecule has 0 bridgehead atoms. The minimum atomic E-state index is -0.354. The summed E-state index contributed by atoms with van der Waals surface area (Å²) in [7, 11) is 1.38. The van der Waals surface area contributed by atoms with Crippen LogP contribution in [0, 0.1) is 6.92 Å². The molecule has 0 aromatic carbocycles. The maximum Gasteiger partial charge on any atom is 0.339 e. The molecule has 1 aliphatic rings. The summed E-state index contributed by atoms with van der Waals surface area (Å²) in [6.45, 7) is 3.61. The van der Waals surface area contributed by atoms with E-state index in [0.29, 0.717) is 17.2 Å². The van der Waals surface area contributed by atoms with Gasteiger partial charge in [-0.3, -0.25) is 4.40 Å². The van der Waals surface area contributed by atoms with Gasteiger partial charge in [-0.15, -0.1) is 10.2 Å². The van der Waals surface area contributed by atoms with Crippen LogP contribution in [0.2, 0.25) is 0 Å². The van der Waals surface area contributed by atoms with Crippen molar-refractivity contribution in [2.24, 2.45) is 0 Å². The zero-order valence-corrected chi connectivity index (χ0v) is 14.9. The highest BCUT2D eigenvalue weighted by atomic mass is 16.5. The largest absolute Gasteiger partial charge is 0.465 e. The summed E-state index contributed by atoms with van der Waals surface area (Å²) in [6, 6.07) is 9.62. The number of hydrogen-bond acceptors (Lipinski definition) is 6. The molecule has 0 amide bonds. The van der Waals surface area contributed by atoms with E-state index in [4.69, 9.17) is 4.74 Å². The van der Waals surface area contributed by atoms with Crippen molar-refractivity contribution in [3.63, 3.8) is 0 Å². The average molecular weight is 351 g/mol. The van der Waals surface area contributed by atoms with Gasteiger partial charge >= 0.3 is 5.97 Å². The first-order valence-electron chi connectivity index (χ1n) is 8.78. The Morgan fingerprint density at radius 2 is 2.12 bits per heavy atom. The van der Waals surface area contributed by atoms with Crippen LogP contribution >= 0.6 is 0 Å². The molecule has 0 saturated carbocycles. The first-order chi connectivity index (χ1) is 12.7. The van der Waals surface area contributed by atoms with Gasteiger partial charge in [-0.2, -0.15) is 0 Å². The van der Waals surface area contributed by atoms with E-state index in [9.17, 15) is 4.79 Å². The summed E-state index contributed by atoms with van der Waals surface area (Å²) in [5, 5.41) is 8.69. The predicted octanol–water partition coefficient (Wildman–Crippen LogP) is 2.60. The van der Waals surface area contributed by atoms with Crippen LogP contribution < -0.4 is 4.90 Å². The maximum atomic E-state index is 11.8. The second kappa shape index (κ2) is 6.74. The van der Waals surface area contributed by atoms with Crippen LogP contribution in [-0.4, -0.2) is 45.8 Å². The number of methoxy groups -OCH3 is 1. The fourth-order valence-corrected chi connectivity index (χ4v) is 3.58. The summed E-state index contributed by atoms with van der Waals surface area (Å²) in [5.74, 6) is 1.82. The standard InChI is InChI=1S/C19H21N5O2/c1-13-15(19(25)26-2)8-9-16(20-13)23-10-5-6-14(12-23)18-22-21-17-7-3-4-11-24(17)18/h3-4,7-9,11,14H,5-6,10,12H2,1-2H3. The number of piperidine rings is 1. The van der Waals surface area contributed by atoms with Gasteiger partial charge in [0.15, 0.2) is 5.65 Å². The molecule has 1 saturated heterocycles. The number of aromatic nitrogens is 4. The van der Waals surface area contributed by atoms with Gasteiger partial charge in [0.05, 0.1) is 18.4 Å². The summed E-state index contributed by atoms with van der Waals surface area (Å²) in [5.41, 5.74) is 2.06. The first kappa shape index (κ1) is 16.5. The predicted molar refractivity (Wildman–Crippen MR) is 97.5 cm³/mol. The van der Waals surface area contributed by atoms with E-state index in [1.807, 2.05) is 37.4 Å². The SMILES string of the molecule is COC(=O)c1ccc(N2CCCC(c3nnc4ccccn34)C2)nc1C. The molecular formula is C19H21N5O2. The number of ether oxygens (including phenoxy) is 1. The Morgan fingerprint density at radius 1 is 1.23 bits per heavy atom. The van der Waals surface area contributed by atoms with E-state index in [1.165, 1.54) is 7.11 Å². The van der Waals surface area contributed by atoms with Crippen molar-refractivity contribution in [1.82, 2.24) is 19.6 Å². The number of nitrogens with zero attached hydrogens (tertiary/aromatic N) is 5. The van der Waals surface area contributed by atoms with Crippen molar-refractivity contribution >= 4 is 17.4 Å². The van der Waals surface area contributed by atoms with Crippen LogP contribution in [-0.2, 0) is 4.74 Å². The highest BCUT2D eigenvalue weighted by molar-refractivity contribution is 5.90. The van der Waals surface area contributed by atoms with E-state index in [-0.39, 0.29) is 5.97 Å². The van der Waals surface area contributed by atoms with Crippen molar-refractivity contribution in [2.75, 3.05) is 25.1 Å². The van der Waals surface area contributed by atoms with Gasteiger partial charge in [-0.05, 0) is 44.0 Å². The molecule has 4 rings (SSSR count). The molecule has 0 spiro atoms. The molecule has 3 aromatic rings. The molecule has 0 radical (unpaired) electrons. The van der Waals surface area contributed by atoms with E-state index in [1.54, 1.807) is 6.07 Å². The fraction of sp³-hybridized carbons (Fsp3) is 0.368. The van der Waals surface area contributed by atoms with Gasteiger partial charge in [-0.1, -0.05) is 6.07 Å². The average Bonchev–Trinajstić information content (AvgIpc) is 3.11. The van der Waals surface area contributed by atoms with Crippen LogP contribution in [0.1, 0.15) is 40.6 Å². The van der Waals surface area contributed by atoms with Gasteiger partial charge in [0.2, 0.25) is 0 Å². The molecule has 1 fully saturated rings. The lowest BCUT2D eigenvalue weighted by Gasteiger charge is -2.33. The van der Waals surface area contributed by atoms with Crippen molar-refractivity contribution in [3.05, 3.63) is 53.6 Å². The lowest BCUT2D eigenvalue weighted by atomic mass is 9.97. The maximum absolute atomic E-state index is 11.8. The topological polar surface area (TPSA) is 72.6 Å².